The second kappa shape index (κ2) is 7.24. The Morgan fingerprint density at radius 2 is 2.25 bits per heavy atom. The van der Waals surface area contributed by atoms with Gasteiger partial charge in [-0.15, -0.1) is 0 Å². The van der Waals surface area contributed by atoms with Crippen molar-refractivity contribution in [3.63, 3.8) is 0 Å². The SMILES string of the molecule is CCCN1CCCC(Nc2cccc([N+](=O)[O-])c2)CC1. The smallest absolute Gasteiger partial charge is 0.271 e. The largest absolute Gasteiger partial charge is 0.382 e. The third-order valence-corrected chi connectivity index (χ3v) is 3.79. The minimum atomic E-state index is -0.346. The number of nitrogens with zero attached hydrogens (tertiary/aromatic N) is 2. The van der Waals surface area contributed by atoms with Crippen molar-refractivity contribution in [1.82, 2.24) is 4.90 Å². The van der Waals surface area contributed by atoms with E-state index >= 15 is 0 Å². The van der Waals surface area contributed by atoms with E-state index < -0.39 is 0 Å². The number of rotatable bonds is 5. The molecule has 1 aromatic carbocycles. The molecule has 1 aliphatic rings. The number of nitro groups is 1. The molecule has 0 spiro atoms. The summed E-state index contributed by atoms with van der Waals surface area (Å²) in [5, 5.41) is 14.2. The Bertz CT molecular complexity index is 450. The third kappa shape index (κ3) is 4.20. The van der Waals surface area contributed by atoms with Crippen molar-refractivity contribution in [2.45, 2.75) is 38.6 Å². The summed E-state index contributed by atoms with van der Waals surface area (Å²) in [4.78, 5) is 12.9. The van der Waals surface area contributed by atoms with Crippen LogP contribution in [0.2, 0.25) is 0 Å². The lowest BCUT2D eigenvalue weighted by atomic mass is 10.1. The normalized spacial score (nSPS) is 20.4. The van der Waals surface area contributed by atoms with Gasteiger partial charge in [0.05, 0.1) is 4.92 Å². The van der Waals surface area contributed by atoms with E-state index in [0.29, 0.717) is 6.04 Å². The zero-order valence-electron chi connectivity index (χ0n) is 12.0. The molecule has 0 aliphatic carbocycles. The van der Waals surface area contributed by atoms with Gasteiger partial charge in [-0.3, -0.25) is 10.1 Å². The molecule has 1 aliphatic heterocycles. The number of non-ortho nitro benzene ring substituents is 1. The third-order valence-electron chi connectivity index (χ3n) is 3.79. The molecule has 1 atom stereocenters. The highest BCUT2D eigenvalue weighted by Crippen LogP contribution is 2.21. The van der Waals surface area contributed by atoms with Crippen LogP contribution >= 0.6 is 0 Å². The van der Waals surface area contributed by atoms with Gasteiger partial charge < -0.3 is 10.2 Å². The van der Waals surface area contributed by atoms with Gasteiger partial charge in [0.25, 0.3) is 5.69 Å². The van der Waals surface area contributed by atoms with E-state index in [4.69, 9.17) is 0 Å². The minimum absolute atomic E-state index is 0.149. The molecule has 0 aromatic heterocycles. The van der Waals surface area contributed by atoms with Crippen molar-refractivity contribution >= 4 is 11.4 Å². The van der Waals surface area contributed by atoms with Crippen molar-refractivity contribution in [2.24, 2.45) is 0 Å². The van der Waals surface area contributed by atoms with Gasteiger partial charge in [-0.2, -0.15) is 0 Å². The molecule has 1 heterocycles. The summed E-state index contributed by atoms with van der Waals surface area (Å²) in [7, 11) is 0. The summed E-state index contributed by atoms with van der Waals surface area (Å²) in [5.41, 5.74) is 1.00. The van der Waals surface area contributed by atoms with Crippen LogP contribution in [0.3, 0.4) is 0 Å². The Morgan fingerprint density at radius 3 is 3.00 bits per heavy atom. The first-order valence-corrected chi connectivity index (χ1v) is 7.42. The number of likely N-dealkylation sites (tertiary alicyclic amines) is 1. The summed E-state index contributed by atoms with van der Waals surface area (Å²) < 4.78 is 0. The van der Waals surface area contributed by atoms with E-state index in [9.17, 15) is 10.1 Å². The molecule has 0 radical (unpaired) electrons. The highest BCUT2D eigenvalue weighted by Gasteiger charge is 2.17. The lowest BCUT2D eigenvalue weighted by Gasteiger charge is -2.20. The molecule has 1 aromatic rings. The van der Waals surface area contributed by atoms with Gasteiger partial charge in [-0.1, -0.05) is 13.0 Å². The first-order valence-electron chi connectivity index (χ1n) is 7.42. The minimum Gasteiger partial charge on any atom is -0.382 e. The Balaban J connectivity index is 1.93. The molecule has 5 nitrogen and oxygen atoms in total. The average molecular weight is 277 g/mol. The Labute approximate surface area is 120 Å². The van der Waals surface area contributed by atoms with Crippen LogP contribution < -0.4 is 5.32 Å². The quantitative estimate of drug-likeness (QED) is 0.663. The Hall–Kier alpha value is -1.62. The highest BCUT2D eigenvalue weighted by atomic mass is 16.6. The molecule has 0 saturated carbocycles. The van der Waals surface area contributed by atoms with Crippen molar-refractivity contribution in [2.75, 3.05) is 25.0 Å². The van der Waals surface area contributed by atoms with E-state index in [-0.39, 0.29) is 10.6 Å². The number of nitrogens with one attached hydrogen (secondary N) is 1. The standard InChI is InChI=1S/C15H23N3O2/c1-2-9-17-10-4-6-13(8-11-17)16-14-5-3-7-15(12-14)18(19)20/h3,5,7,12-13,16H,2,4,6,8-11H2,1H3. The molecule has 20 heavy (non-hydrogen) atoms. The Kier molecular flexibility index (Phi) is 5.35. The van der Waals surface area contributed by atoms with Gasteiger partial charge in [0.15, 0.2) is 0 Å². The van der Waals surface area contributed by atoms with Gasteiger partial charge in [-0.05, 0) is 44.8 Å². The second-order valence-corrected chi connectivity index (χ2v) is 5.42. The molecular weight excluding hydrogens is 254 g/mol. The van der Waals surface area contributed by atoms with Crippen LogP contribution in [0.25, 0.3) is 0 Å². The molecular formula is C15H23N3O2. The van der Waals surface area contributed by atoms with Crippen LogP contribution in [0.4, 0.5) is 11.4 Å². The van der Waals surface area contributed by atoms with E-state index in [0.717, 1.165) is 25.1 Å². The molecule has 1 fully saturated rings. The number of hydrogen-bond acceptors (Lipinski definition) is 4. The summed E-state index contributed by atoms with van der Waals surface area (Å²) in [6.45, 7) is 5.66. The van der Waals surface area contributed by atoms with Crippen LogP contribution in [0.15, 0.2) is 24.3 Å². The monoisotopic (exact) mass is 277 g/mol. The molecule has 0 bridgehead atoms. The van der Waals surface area contributed by atoms with Gasteiger partial charge in [0, 0.05) is 30.4 Å². The molecule has 0 amide bonds. The van der Waals surface area contributed by atoms with Crippen LogP contribution in [0.5, 0.6) is 0 Å². The second-order valence-electron chi connectivity index (χ2n) is 5.42. The number of anilines is 1. The Morgan fingerprint density at radius 1 is 1.40 bits per heavy atom. The molecule has 5 heteroatoms. The zero-order chi connectivity index (χ0) is 14.4. The topological polar surface area (TPSA) is 58.4 Å². The maximum absolute atomic E-state index is 10.8. The number of hydrogen-bond donors (Lipinski definition) is 1. The van der Waals surface area contributed by atoms with Crippen molar-refractivity contribution in [3.05, 3.63) is 34.4 Å². The molecule has 1 N–H and O–H groups in total. The van der Waals surface area contributed by atoms with Gasteiger partial charge in [0.2, 0.25) is 0 Å². The van der Waals surface area contributed by atoms with E-state index in [1.807, 2.05) is 6.07 Å². The van der Waals surface area contributed by atoms with E-state index in [1.54, 1.807) is 12.1 Å². The van der Waals surface area contributed by atoms with Gasteiger partial charge in [-0.25, -0.2) is 0 Å². The van der Waals surface area contributed by atoms with Crippen molar-refractivity contribution in [3.8, 4) is 0 Å². The van der Waals surface area contributed by atoms with E-state index in [1.165, 1.54) is 32.0 Å². The fourth-order valence-corrected chi connectivity index (χ4v) is 2.78. The molecule has 1 saturated heterocycles. The summed E-state index contributed by atoms with van der Waals surface area (Å²) in [6.07, 6.45) is 4.61. The first-order chi connectivity index (χ1) is 9.69. The van der Waals surface area contributed by atoms with Gasteiger partial charge >= 0.3 is 0 Å². The van der Waals surface area contributed by atoms with E-state index in [2.05, 4.69) is 17.1 Å². The molecule has 1 unspecified atom stereocenters. The summed E-state index contributed by atoms with van der Waals surface area (Å²) >= 11 is 0. The predicted molar refractivity (Wildman–Crippen MR) is 81.1 cm³/mol. The lowest BCUT2D eigenvalue weighted by molar-refractivity contribution is -0.384. The van der Waals surface area contributed by atoms with Crippen LogP contribution in [-0.4, -0.2) is 35.5 Å². The highest BCUT2D eigenvalue weighted by molar-refractivity contribution is 5.51. The zero-order valence-corrected chi connectivity index (χ0v) is 12.0. The number of nitro benzene ring substituents is 1. The van der Waals surface area contributed by atoms with Gasteiger partial charge in [0.1, 0.15) is 0 Å². The first kappa shape index (κ1) is 14.8. The fourth-order valence-electron chi connectivity index (χ4n) is 2.78. The lowest BCUT2D eigenvalue weighted by Crippen LogP contribution is -2.27. The van der Waals surface area contributed by atoms with Crippen LogP contribution in [0.1, 0.15) is 32.6 Å². The summed E-state index contributed by atoms with van der Waals surface area (Å²) in [5.74, 6) is 0. The fraction of sp³-hybridized carbons (Fsp3) is 0.600. The van der Waals surface area contributed by atoms with Crippen LogP contribution in [0, 0.1) is 10.1 Å². The maximum atomic E-state index is 10.8. The maximum Gasteiger partial charge on any atom is 0.271 e. The summed E-state index contributed by atoms with van der Waals surface area (Å²) in [6, 6.07) is 7.21. The molecule has 2 rings (SSSR count). The number of benzene rings is 1. The average Bonchev–Trinajstić information content (AvgIpc) is 2.65. The molecule has 110 valence electrons. The van der Waals surface area contributed by atoms with Crippen molar-refractivity contribution in [1.29, 1.82) is 0 Å². The predicted octanol–water partition coefficient (Wildman–Crippen LogP) is 3.27. The van der Waals surface area contributed by atoms with Crippen molar-refractivity contribution < 1.29 is 4.92 Å². The van der Waals surface area contributed by atoms with Crippen LogP contribution in [-0.2, 0) is 0 Å².